The van der Waals surface area contributed by atoms with Gasteiger partial charge in [-0.2, -0.15) is 0 Å². The molecule has 2 N–H and O–H groups in total. The molecule has 1 saturated heterocycles. The second kappa shape index (κ2) is 4.95. The summed E-state index contributed by atoms with van der Waals surface area (Å²) in [5, 5.41) is 5.41. The Balaban J connectivity index is 2.34. The molecule has 2 atom stereocenters. The van der Waals surface area contributed by atoms with Crippen LogP contribution in [0.4, 0.5) is 0 Å². The summed E-state index contributed by atoms with van der Waals surface area (Å²) in [6, 6.07) is -0.401. The number of piperazine rings is 1. The number of nitrogens with one attached hydrogen (secondary N) is 2. The van der Waals surface area contributed by atoms with Crippen molar-refractivity contribution in [2.75, 3.05) is 13.1 Å². The van der Waals surface area contributed by atoms with Crippen LogP contribution in [-0.2, 0) is 14.3 Å². The first-order valence-electron chi connectivity index (χ1n) is 4.84. The van der Waals surface area contributed by atoms with Gasteiger partial charge in [-0.15, -0.1) is 0 Å². The molecule has 1 amide bonds. The standard InChI is InChI=1S/C9H16N2O3/c1-3-6(2)14-9(13)7-4-11-8(12)5-10-7/h6-7,10H,3-5H2,1-2H3,(H,11,12). The van der Waals surface area contributed by atoms with Crippen molar-refractivity contribution in [2.24, 2.45) is 0 Å². The first kappa shape index (κ1) is 11.0. The third-order valence-electron chi connectivity index (χ3n) is 2.19. The van der Waals surface area contributed by atoms with E-state index in [4.69, 9.17) is 4.74 Å². The highest BCUT2D eigenvalue weighted by Gasteiger charge is 2.25. The summed E-state index contributed by atoms with van der Waals surface area (Å²) in [6.45, 7) is 4.29. The Morgan fingerprint density at radius 3 is 2.93 bits per heavy atom. The summed E-state index contributed by atoms with van der Waals surface area (Å²) in [5.41, 5.74) is 0. The molecule has 1 rings (SSSR count). The minimum atomic E-state index is -0.401. The van der Waals surface area contributed by atoms with Gasteiger partial charge in [-0.05, 0) is 13.3 Å². The summed E-state index contributed by atoms with van der Waals surface area (Å²) in [6.07, 6.45) is 0.729. The van der Waals surface area contributed by atoms with E-state index in [0.29, 0.717) is 6.54 Å². The molecule has 5 nitrogen and oxygen atoms in total. The molecule has 5 heteroatoms. The lowest BCUT2D eigenvalue weighted by Gasteiger charge is -2.23. The summed E-state index contributed by atoms with van der Waals surface area (Å²) in [4.78, 5) is 22.2. The number of ether oxygens (including phenoxy) is 1. The molecular weight excluding hydrogens is 184 g/mol. The molecule has 14 heavy (non-hydrogen) atoms. The molecule has 1 heterocycles. The maximum atomic E-state index is 11.4. The van der Waals surface area contributed by atoms with Crippen molar-refractivity contribution in [3.05, 3.63) is 0 Å². The molecule has 0 radical (unpaired) electrons. The molecule has 0 bridgehead atoms. The minimum absolute atomic E-state index is 0.0677. The van der Waals surface area contributed by atoms with Crippen molar-refractivity contribution in [1.82, 2.24) is 10.6 Å². The Morgan fingerprint density at radius 1 is 1.71 bits per heavy atom. The van der Waals surface area contributed by atoms with Crippen molar-refractivity contribution >= 4 is 11.9 Å². The second-order valence-corrected chi connectivity index (χ2v) is 3.39. The molecule has 0 saturated carbocycles. The van der Waals surface area contributed by atoms with E-state index in [1.54, 1.807) is 0 Å². The highest BCUT2D eigenvalue weighted by Crippen LogP contribution is 2.00. The number of esters is 1. The molecule has 0 aromatic carbocycles. The highest BCUT2D eigenvalue weighted by molar-refractivity contribution is 5.83. The van der Waals surface area contributed by atoms with Gasteiger partial charge in [-0.1, -0.05) is 6.92 Å². The lowest BCUT2D eigenvalue weighted by atomic mass is 10.2. The van der Waals surface area contributed by atoms with E-state index in [1.807, 2.05) is 13.8 Å². The van der Waals surface area contributed by atoms with Gasteiger partial charge in [0.15, 0.2) is 0 Å². The van der Waals surface area contributed by atoms with Gasteiger partial charge >= 0.3 is 5.97 Å². The van der Waals surface area contributed by atoms with Gasteiger partial charge in [0.05, 0.1) is 12.6 Å². The molecule has 80 valence electrons. The van der Waals surface area contributed by atoms with E-state index in [-0.39, 0.29) is 24.5 Å². The summed E-state index contributed by atoms with van der Waals surface area (Å²) >= 11 is 0. The molecular formula is C9H16N2O3. The topological polar surface area (TPSA) is 67.4 Å². The van der Waals surface area contributed by atoms with Crippen LogP contribution in [0.2, 0.25) is 0 Å². The van der Waals surface area contributed by atoms with Crippen LogP contribution in [0.25, 0.3) is 0 Å². The van der Waals surface area contributed by atoms with E-state index in [2.05, 4.69) is 10.6 Å². The third-order valence-corrected chi connectivity index (χ3v) is 2.19. The molecule has 0 spiro atoms. The molecule has 1 fully saturated rings. The molecule has 1 aliphatic heterocycles. The average Bonchev–Trinajstić information content (AvgIpc) is 2.18. The summed E-state index contributed by atoms with van der Waals surface area (Å²) < 4.78 is 5.12. The fourth-order valence-electron chi connectivity index (χ4n) is 1.10. The SMILES string of the molecule is CCC(C)OC(=O)C1CNC(=O)CN1. The zero-order chi connectivity index (χ0) is 10.6. The first-order valence-corrected chi connectivity index (χ1v) is 4.84. The predicted octanol–water partition coefficient (Wildman–Crippen LogP) is -0.584. The fraction of sp³-hybridized carbons (Fsp3) is 0.778. The highest BCUT2D eigenvalue weighted by atomic mass is 16.5. The van der Waals surface area contributed by atoms with Gasteiger partial charge in [0.2, 0.25) is 5.91 Å². The summed E-state index contributed by atoms with van der Waals surface area (Å²) in [7, 11) is 0. The Hall–Kier alpha value is -1.10. The van der Waals surface area contributed by atoms with Crippen molar-refractivity contribution in [1.29, 1.82) is 0 Å². The minimum Gasteiger partial charge on any atom is -0.461 e. The zero-order valence-electron chi connectivity index (χ0n) is 8.50. The van der Waals surface area contributed by atoms with Crippen LogP contribution in [0, 0.1) is 0 Å². The van der Waals surface area contributed by atoms with Crippen molar-refractivity contribution in [2.45, 2.75) is 32.4 Å². The predicted molar refractivity (Wildman–Crippen MR) is 50.6 cm³/mol. The molecule has 0 aliphatic carbocycles. The number of amides is 1. The van der Waals surface area contributed by atoms with E-state index in [9.17, 15) is 9.59 Å². The maximum absolute atomic E-state index is 11.4. The number of carbonyl (C=O) groups is 2. The van der Waals surface area contributed by atoms with Crippen molar-refractivity contribution in [3.63, 3.8) is 0 Å². The van der Waals surface area contributed by atoms with Crippen molar-refractivity contribution < 1.29 is 14.3 Å². The molecule has 0 aromatic rings. The van der Waals surface area contributed by atoms with Gasteiger partial charge in [-0.3, -0.25) is 14.9 Å². The molecule has 1 aliphatic rings. The number of hydrogen-bond acceptors (Lipinski definition) is 4. The lowest BCUT2D eigenvalue weighted by Crippen LogP contribution is -2.55. The van der Waals surface area contributed by atoms with Crippen LogP contribution in [0.1, 0.15) is 20.3 Å². The second-order valence-electron chi connectivity index (χ2n) is 3.39. The molecule has 0 aromatic heterocycles. The van der Waals surface area contributed by atoms with Gasteiger partial charge in [0.1, 0.15) is 6.04 Å². The molecule has 2 unspecified atom stereocenters. The summed E-state index contributed by atoms with van der Waals surface area (Å²) in [5.74, 6) is -0.378. The van der Waals surface area contributed by atoms with Gasteiger partial charge in [-0.25, -0.2) is 0 Å². The number of rotatable bonds is 3. The van der Waals surface area contributed by atoms with Gasteiger partial charge in [0.25, 0.3) is 0 Å². The maximum Gasteiger partial charge on any atom is 0.325 e. The van der Waals surface area contributed by atoms with Crippen LogP contribution >= 0.6 is 0 Å². The Bertz CT molecular complexity index is 220. The van der Waals surface area contributed by atoms with E-state index >= 15 is 0 Å². The van der Waals surface area contributed by atoms with E-state index in [1.165, 1.54) is 0 Å². The van der Waals surface area contributed by atoms with Gasteiger partial charge < -0.3 is 10.1 Å². The first-order chi connectivity index (χ1) is 6.63. The normalized spacial score (nSPS) is 23.9. The Kier molecular flexibility index (Phi) is 3.88. The Labute approximate surface area is 83.2 Å². The van der Waals surface area contributed by atoms with E-state index < -0.39 is 6.04 Å². The van der Waals surface area contributed by atoms with Crippen LogP contribution in [-0.4, -0.2) is 37.1 Å². The smallest absolute Gasteiger partial charge is 0.325 e. The van der Waals surface area contributed by atoms with Crippen molar-refractivity contribution in [3.8, 4) is 0 Å². The Morgan fingerprint density at radius 2 is 2.43 bits per heavy atom. The number of hydrogen-bond donors (Lipinski definition) is 2. The van der Waals surface area contributed by atoms with Gasteiger partial charge in [0, 0.05) is 6.54 Å². The quantitative estimate of drug-likeness (QED) is 0.598. The largest absolute Gasteiger partial charge is 0.461 e. The monoisotopic (exact) mass is 200 g/mol. The third kappa shape index (κ3) is 2.99. The van der Waals surface area contributed by atoms with Crippen LogP contribution < -0.4 is 10.6 Å². The number of carbonyl (C=O) groups excluding carboxylic acids is 2. The van der Waals surface area contributed by atoms with E-state index in [0.717, 1.165) is 6.42 Å². The van der Waals surface area contributed by atoms with Crippen LogP contribution in [0.5, 0.6) is 0 Å². The zero-order valence-corrected chi connectivity index (χ0v) is 8.50. The van der Waals surface area contributed by atoms with Crippen LogP contribution in [0.3, 0.4) is 0 Å². The fourth-order valence-corrected chi connectivity index (χ4v) is 1.10. The average molecular weight is 200 g/mol. The lowest BCUT2D eigenvalue weighted by molar-refractivity contribution is -0.151. The van der Waals surface area contributed by atoms with Crippen LogP contribution in [0.15, 0.2) is 0 Å².